The van der Waals surface area contributed by atoms with Crippen LogP contribution in [0.25, 0.3) is 0 Å². The fraction of sp³-hybridized carbons (Fsp3) is 0.500. The van der Waals surface area contributed by atoms with E-state index in [4.69, 9.17) is 11.6 Å². The third-order valence-corrected chi connectivity index (χ3v) is 4.54. The fourth-order valence-corrected chi connectivity index (χ4v) is 3.28. The summed E-state index contributed by atoms with van der Waals surface area (Å²) < 4.78 is 23.5. The molecule has 5 nitrogen and oxygen atoms in total. The SMILES string of the molecule is CC(C)CC(NCc1c(Cl)cccc1S(C)(=O)=O)C(=O)O. The van der Waals surface area contributed by atoms with Crippen molar-refractivity contribution < 1.29 is 18.3 Å². The molecule has 0 aliphatic heterocycles. The van der Waals surface area contributed by atoms with Gasteiger partial charge in [0.25, 0.3) is 0 Å². The maximum absolute atomic E-state index is 11.8. The number of carboxylic acids is 1. The second kappa shape index (κ2) is 7.24. The van der Waals surface area contributed by atoms with E-state index in [9.17, 15) is 18.3 Å². The van der Waals surface area contributed by atoms with Crippen molar-refractivity contribution in [2.24, 2.45) is 5.92 Å². The molecule has 118 valence electrons. The van der Waals surface area contributed by atoms with Crippen LogP contribution < -0.4 is 5.32 Å². The molecule has 1 atom stereocenters. The summed E-state index contributed by atoms with van der Waals surface area (Å²) in [7, 11) is -3.42. The van der Waals surface area contributed by atoms with Crippen molar-refractivity contribution in [3.8, 4) is 0 Å². The van der Waals surface area contributed by atoms with Gasteiger partial charge in [-0.25, -0.2) is 8.42 Å². The first-order chi connectivity index (χ1) is 9.62. The van der Waals surface area contributed by atoms with Crippen molar-refractivity contribution >= 4 is 27.4 Å². The van der Waals surface area contributed by atoms with Crippen molar-refractivity contribution in [1.29, 1.82) is 0 Å². The van der Waals surface area contributed by atoms with Crippen molar-refractivity contribution in [3.63, 3.8) is 0 Å². The van der Waals surface area contributed by atoms with E-state index in [0.29, 0.717) is 17.0 Å². The molecule has 0 saturated carbocycles. The highest BCUT2D eigenvalue weighted by atomic mass is 35.5. The average Bonchev–Trinajstić information content (AvgIpc) is 2.33. The van der Waals surface area contributed by atoms with E-state index in [0.717, 1.165) is 6.26 Å². The van der Waals surface area contributed by atoms with Gasteiger partial charge >= 0.3 is 5.97 Å². The van der Waals surface area contributed by atoms with Crippen LogP contribution in [0, 0.1) is 5.92 Å². The quantitative estimate of drug-likeness (QED) is 0.800. The molecule has 0 fully saturated rings. The van der Waals surface area contributed by atoms with Crippen LogP contribution in [0.2, 0.25) is 5.02 Å². The lowest BCUT2D eigenvalue weighted by atomic mass is 10.0. The molecular formula is C14H20ClNO4S. The molecule has 21 heavy (non-hydrogen) atoms. The van der Waals surface area contributed by atoms with Gasteiger partial charge in [-0.2, -0.15) is 0 Å². The zero-order valence-electron chi connectivity index (χ0n) is 12.3. The van der Waals surface area contributed by atoms with Gasteiger partial charge in [-0.3, -0.25) is 4.79 Å². The summed E-state index contributed by atoms with van der Waals surface area (Å²) in [5, 5.41) is 12.4. The third kappa shape index (κ3) is 5.30. The van der Waals surface area contributed by atoms with E-state index in [1.54, 1.807) is 12.1 Å². The van der Waals surface area contributed by atoms with Gasteiger partial charge in [0, 0.05) is 23.4 Å². The molecule has 0 radical (unpaired) electrons. The number of nitrogens with one attached hydrogen (secondary N) is 1. The molecule has 0 amide bonds. The standard InChI is InChI=1S/C14H20ClNO4S/c1-9(2)7-12(14(17)18)16-8-10-11(15)5-4-6-13(10)21(3,19)20/h4-6,9,12,16H,7-8H2,1-3H3,(H,17,18). The number of carbonyl (C=O) groups is 1. The van der Waals surface area contributed by atoms with Crippen LogP contribution in [0.1, 0.15) is 25.8 Å². The zero-order valence-corrected chi connectivity index (χ0v) is 13.8. The molecule has 1 rings (SSSR count). The van der Waals surface area contributed by atoms with Gasteiger partial charge in [-0.15, -0.1) is 0 Å². The minimum Gasteiger partial charge on any atom is -0.480 e. The Hall–Kier alpha value is -1.11. The Morgan fingerprint density at radius 1 is 1.38 bits per heavy atom. The lowest BCUT2D eigenvalue weighted by molar-refractivity contribution is -0.140. The monoisotopic (exact) mass is 333 g/mol. The predicted octanol–water partition coefficient (Wildman–Crippen LogP) is 2.33. The lowest BCUT2D eigenvalue weighted by Gasteiger charge is -2.18. The highest BCUT2D eigenvalue weighted by Crippen LogP contribution is 2.24. The van der Waals surface area contributed by atoms with Crippen molar-refractivity contribution in [2.45, 2.75) is 37.8 Å². The molecule has 2 N–H and O–H groups in total. The van der Waals surface area contributed by atoms with Gasteiger partial charge in [-0.05, 0) is 24.5 Å². The Morgan fingerprint density at radius 2 is 2.00 bits per heavy atom. The maximum Gasteiger partial charge on any atom is 0.320 e. The highest BCUT2D eigenvalue weighted by molar-refractivity contribution is 7.90. The number of rotatable bonds is 7. The minimum absolute atomic E-state index is 0.0891. The van der Waals surface area contributed by atoms with Crippen LogP contribution in [0.15, 0.2) is 23.1 Å². The van der Waals surface area contributed by atoms with E-state index in [1.165, 1.54) is 6.07 Å². The molecule has 0 heterocycles. The molecule has 0 aromatic heterocycles. The molecule has 1 unspecified atom stereocenters. The Kier molecular flexibility index (Phi) is 6.19. The Balaban J connectivity index is 3.00. The third-order valence-electron chi connectivity index (χ3n) is 3.01. The van der Waals surface area contributed by atoms with E-state index in [1.807, 2.05) is 13.8 Å². The lowest BCUT2D eigenvalue weighted by Crippen LogP contribution is -2.37. The maximum atomic E-state index is 11.8. The summed E-state index contributed by atoms with van der Waals surface area (Å²) in [5.41, 5.74) is 0.400. The smallest absolute Gasteiger partial charge is 0.320 e. The first-order valence-electron chi connectivity index (χ1n) is 6.56. The molecule has 1 aromatic rings. The molecule has 0 spiro atoms. The van der Waals surface area contributed by atoms with Crippen LogP contribution in [0.5, 0.6) is 0 Å². The van der Waals surface area contributed by atoms with E-state index < -0.39 is 21.8 Å². The number of sulfone groups is 1. The number of benzene rings is 1. The molecular weight excluding hydrogens is 314 g/mol. The summed E-state index contributed by atoms with van der Waals surface area (Å²) >= 11 is 6.05. The number of hydrogen-bond donors (Lipinski definition) is 2. The first-order valence-corrected chi connectivity index (χ1v) is 8.83. The highest BCUT2D eigenvalue weighted by Gasteiger charge is 2.21. The minimum atomic E-state index is -3.42. The van der Waals surface area contributed by atoms with Gasteiger partial charge in [0.05, 0.1) is 4.90 Å². The summed E-state index contributed by atoms with van der Waals surface area (Å²) in [6, 6.07) is 3.88. The second-order valence-electron chi connectivity index (χ2n) is 5.39. The molecule has 0 bridgehead atoms. The summed E-state index contributed by atoms with van der Waals surface area (Å²) in [6.45, 7) is 3.94. The molecule has 1 aromatic carbocycles. The summed E-state index contributed by atoms with van der Waals surface area (Å²) in [4.78, 5) is 11.3. The van der Waals surface area contributed by atoms with Crippen molar-refractivity contribution in [3.05, 3.63) is 28.8 Å². The largest absolute Gasteiger partial charge is 0.480 e. The van der Waals surface area contributed by atoms with Crippen LogP contribution in [0.3, 0.4) is 0 Å². The van der Waals surface area contributed by atoms with Gasteiger partial charge in [0.2, 0.25) is 0 Å². The van der Waals surface area contributed by atoms with E-state index in [-0.39, 0.29) is 17.4 Å². The van der Waals surface area contributed by atoms with E-state index in [2.05, 4.69) is 5.32 Å². The molecule has 0 saturated heterocycles. The van der Waals surface area contributed by atoms with Gasteiger partial charge in [-0.1, -0.05) is 31.5 Å². The summed E-state index contributed by atoms with van der Waals surface area (Å²) in [5.74, 6) is -0.754. The first kappa shape index (κ1) is 17.9. The summed E-state index contributed by atoms with van der Waals surface area (Å²) in [6.07, 6.45) is 1.55. The predicted molar refractivity (Wildman–Crippen MR) is 82.3 cm³/mol. The van der Waals surface area contributed by atoms with Crippen molar-refractivity contribution in [1.82, 2.24) is 5.32 Å². The van der Waals surface area contributed by atoms with Gasteiger partial charge < -0.3 is 10.4 Å². The number of halogens is 1. The number of aliphatic carboxylic acids is 1. The van der Waals surface area contributed by atoms with Crippen LogP contribution in [-0.4, -0.2) is 31.8 Å². The molecule has 7 heteroatoms. The Labute approximate surface area is 130 Å². The van der Waals surface area contributed by atoms with E-state index >= 15 is 0 Å². The second-order valence-corrected chi connectivity index (χ2v) is 7.78. The fourth-order valence-electron chi connectivity index (χ4n) is 2.03. The van der Waals surface area contributed by atoms with Crippen molar-refractivity contribution in [2.75, 3.05) is 6.26 Å². The van der Waals surface area contributed by atoms with Crippen LogP contribution >= 0.6 is 11.6 Å². The van der Waals surface area contributed by atoms with Gasteiger partial charge in [0.1, 0.15) is 6.04 Å². The normalized spacial score (nSPS) is 13.4. The zero-order chi connectivity index (χ0) is 16.2. The topological polar surface area (TPSA) is 83.5 Å². The van der Waals surface area contributed by atoms with Crippen LogP contribution in [0.4, 0.5) is 0 Å². The molecule has 0 aliphatic carbocycles. The number of hydrogen-bond acceptors (Lipinski definition) is 4. The van der Waals surface area contributed by atoms with Crippen LogP contribution in [-0.2, 0) is 21.2 Å². The number of carboxylic acid groups (broad SMARTS) is 1. The Bertz CT molecular complexity index is 613. The van der Waals surface area contributed by atoms with Gasteiger partial charge in [0.15, 0.2) is 9.84 Å². The Morgan fingerprint density at radius 3 is 2.48 bits per heavy atom. The average molecular weight is 334 g/mol. The molecule has 0 aliphatic rings.